The van der Waals surface area contributed by atoms with E-state index in [9.17, 15) is 0 Å². The number of nitrogens with two attached hydrogens (primary N) is 1. The smallest absolute Gasteiger partial charge is 0.0935 e. The van der Waals surface area contributed by atoms with Gasteiger partial charge in [-0.1, -0.05) is 63.8 Å². The largest absolute Gasteiger partial charge is 0.399 e. The number of anilines is 1. The molecule has 0 aromatic carbocycles. The lowest BCUT2D eigenvalue weighted by atomic mass is 9.87. The Morgan fingerprint density at radius 3 is 2.39 bits per heavy atom. The molecule has 214 valence electrons. The molecule has 0 amide bonds. The van der Waals surface area contributed by atoms with Crippen LogP contribution in [0, 0.1) is 12.8 Å². The second-order valence-electron chi connectivity index (χ2n) is 10.4. The van der Waals surface area contributed by atoms with Crippen molar-refractivity contribution in [2.75, 3.05) is 5.32 Å². The van der Waals surface area contributed by atoms with Crippen LogP contribution in [-0.2, 0) is 0 Å². The number of pyridine rings is 2. The summed E-state index contributed by atoms with van der Waals surface area (Å²) in [5.41, 5.74) is 16.3. The van der Waals surface area contributed by atoms with Gasteiger partial charge in [-0.15, -0.1) is 0 Å². The minimum absolute atomic E-state index is 0.507. The maximum atomic E-state index is 6.44. The second kappa shape index (κ2) is 15.4. The van der Waals surface area contributed by atoms with Crippen LogP contribution in [0.1, 0.15) is 57.9 Å². The molecule has 0 saturated heterocycles. The Morgan fingerprint density at radius 1 is 1.00 bits per heavy atom. The molecule has 1 fully saturated rings. The Balaban J connectivity index is 1.76. The first-order valence-corrected chi connectivity index (χ1v) is 14.4. The Labute approximate surface area is 246 Å². The zero-order chi connectivity index (χ0) is 29.8. The Bertz CT molecular complexity index is 1380. The molecule has 4 N–H and O–H groups in total. The average molecular weight is 548 g/mol. The molecule has 0 spiro atoms. The number of aromatic nitrogens is 2. The normalized spacial score (nSPS) is 15.3. The molecular weight excluding hydrogens is 502 g/mol. The van der Waals surface area contributed by atoms with Crippen molar-refractivity contribution in [3.63, 3.8) is 0 Å². The summed E-state index contributed by atoms with van der Waals surface area (Å²) in [6.45, 7) is 23.0. The average Bonchev–Trinajstić information content (AvgIpc) is 3.00. The molecule has 0 bridgehead atoms. The van der Waals surface area contributed by atoms with E-state index in [0.29, 0.717) is 18.0 Å². The molecule has 1 aliphatic rings. The third kappa shape index (κ3) is 8.81. The van der Waals surface area contributed by atoms with Crippen molar-refractivity contribution in [2.45, 2.75) is 59.3 Å². The quantitative estimate of drug-likeness (QED) is 0.218. The van der Waals surface area contributed by atoms with Crippen molar-refractivity contribution >= 4 is 5.69 Å². The highest BCUT2D eigenvalue weighted by Gasteiger charge is 2.17. The van der Waals surface area contributed by atoms with Crippen molar-refractivity contribution in [3.8, 4) is 11.4 Å². The lowest BCUT2D eigenvalue weighted by molar-refractivity contribution is 0.393. The standard InChI is InChI=1S/C36H45N5/c1-8-29(24-32(9-2)41-28(7)30-16-12-11-13-17-30)25(4)22-31(33(37)10-3)23-26(5)40-34-19-21-39-36(27(34)6)35-18-14-15-20-38-35/h8-10,14-15,18-22,24,30,41H,2,4-5,7,11-13,16-17,23,37H2,1,3,6H3,(H,39,40)/b29-8+,31-22-,32-24+,33-10+. The number of nitrogens with zero attached hydrogens (tertiary/aromatic N) is 2. The number of rotatable bonds is 13. The fraction of sp³-hybridized carbons (Fsp3) is 0.278. The van der Waals surface area contributed by atoms with Crippen molar-refractivity contribution < 1.29 is 0 Å². The van der Waals surface area contributed by atoms with Crippen molar-refractivity contribution in [3.05, 3.63) is 138 Å². The van der Waals surface area contributed by atoms with Crippen LogP contribution in [0.3, 0.4) is 0 Å². The number of hydrogen-bond acceptors (Lipinski definition) is 5. The SMILES string of the molecule is C=C/C(=C\C(=C/C)C(=C)/C=C(CC(=C)Nc1ccnc(-c2ccccn2)c1C)\C(N)=C/C)NC(=C)C1CCCCC1. The minimum atomic E-state index is 0.507. The van der Waals surface area contributed by atoms with Crippen LogP contribution in [0.15, 0.2) is 133 Å². The lowest BCUT2D eigenvalue weighted by Gasteiger charge is -2.25. The van der Waals surface area contributed by atoms with Crippen molar-refractivity contribution in [1.29, 1.82) is 0 Å². The second-order valence-corrected chi connectivity index (χ2v) is 10.4. The molecule has 5 heteroatoms. The molecule has 2 heterocycles. The van der Waals surface area contributed by atoms with E-state index >= 15 is 0 Å². The molecule has 0 unspecified atom stereocenters. The van der Waals surface area contributed by atoms with E-state index in [4.69, 9.17) is 5.73 Å². The van der Waals surface area contributed by atoms with E-state index in [1.165, 1.54) is 32.1 Å². The summed E-state index contributed by atoms with van der Waals surface area (Å²) in [5, 5.41) is 6.97. The van der Waals surface area contributed by atoms with Crippen LogP contribution in [0.5, 0.6) is 0 Å². The fourth-order valence-electron chi connectivity index (χ4n) is 5.03. The van der Waals surface area contributed by atoms with Gasteiger partial charge < -0.3 is 16.4 Å². The zero-order valence-electron chi connectivity index (χ0n) is 25.0. The first-order valence-electron chi connectivity index (χ1n) is 14.4. The highest BCUT2D eigenvalue weighted by Crippen LogP contribution is 2.29. The van der Waals surface area contributed by atoms with Crippen LogP contribution in [0.4, 0.5) is 5.69 Å². The molecule has 3 rings (SSSR count). The van der Waals surface area contributed by atoms with Gasteiger partial charge in [-0.3, -0.25) is 9.97 Å². The predicted molar refractivity (Wildman–Crippen MR) is 176 cm³/mol. The summed E-state index contributed by atoms with van der Waals surface area (Å²) in [6, 6.07) is 7.76. The highest BCUT2D eigenvalue weighted by atomic mass is 14.9. The van der Waals surface area contributed by atoms with Gasteiger partial charge in [-0.05, 0) is 92.7 Å². The maximum absolute atomic E-state index is 6.44. The monoisotopic (exact) mass is 547 g/mol. The van der Waals surface area contributed by atoms with E-state index in [-0.39, 0.29) is 0 Å². The third-order valence-electron chi connectivity index (χ3n) is 7.47. The Kier molecular flexibility index (Phi) is 11.7. The molecule has 41 heavy (non-hydrogen) atoms. The fourth-order valence-corrected chi connectivity index (χ4v) is 5.03. The molecule has 1 saturated carbocycles. The zero-order valence-corrected chi connectivity index (χ0v) is 25.0. The summed E-state index contributed by atoms with van der Waals surface area (Å²) in [7, 11) is 0. The number of nitrogens with one attached hydrogen (secondary N) is 2. The summed E-state index contributed by atoms with van der Waals surface area (Å²) in [6.07, 6.45) is 20.2. The predicted octanol–water partition coefficient (Wildman–Crippen LogP) is 8.81. The van der Waals surface area contributed by atoms with Crippen LogP contribution in [0.2, 0.25) is 0 Å². The van der Waals surface area contributed by atoms with Gasteiger partial charge in [0, 0.05) is 52.9 Å². The van der Waals surface area contributed by atoms with Gasteiger partial charge >= 0.3 is 0 Å². The topological polar surface area (TPSA) is 75.9 Å². The molecular formula is C36H45N5. The van der Waals surface area contributed by atoms with Gasteiger partial charge in [0.15, 0.2) is 0 Å². The summed E-state index contributed by atoms with van der Waals surface area (Å²) in [4.78, 5) is 9.00. The molecule has 0 radical (unpaired) electrons. The van der Waals surface area contributed by atoms with Crippen LogP contribution in [0.25, 0.3) is 11.4 Å². The first-order chi connectivity index (χ1) is 19.8. The van der Waals surface area contributed by atoms with Gasteiger partial charge in [-0.2, -0.15) is 0 Å². The molecule has 0 aliphatic heterocycles. The molecule has 1 aliphatic carbocycles. The van der Waals surface area contributed by atoms with E-state index in [2.05, 4.69) is 53.0 Å². The van der Waals surface area contributed by atoms with E-state index in [0.717, 1.165) is 56.4 Å². The number of allylic oxidation sites excluding steroid dienone is 10. The van der Waals surface area contributed by atoms with Gasteiger partial charge in [0.1, 0.15) is 0 Å². The molecule has 2 aromatic rings. The Morgan fingerprint density at radius 2 is 1.76 bits per heavy atom. The maximum Gasteiger partial charge on any atom is 0.0935 e. The van der Waals surface area contributed by atoms with E-state index in [1.807, 2.05) is 69.3 Å². The van der Waals surface area contributed by atoms with Crippen molar-refractivity contribution in [1.82, 2.24) is 15.3 Å². The minimum Gasteiger partial charge on any atom is -0.399 e. The van der Waals surface area contributed by atoms with E-state index in [1.54, 1.807) is 12.4 Å². The third-order valence-corrected chi connectivity index (χ3v) is 7.47. The van der Waals surface area contributed by atoms with Gasteiger partial charge in [-0.25, -0.2) is 0 Å². The molecule has 2 aromatic heterocycles. The summed E-state index contributed by atoms with van der Waals surface area (Å²) >= 11 is 0. The molecule has 0 atom stereocenters. The first kappa shape index (κ1) is 31.2. The summed E-state index contributed by atoms with van der Waals surface area (Å²) in [5.74, 6) is 0.507. The van der Waals surface area contributed by atoms with E-state index < -0.39 is 0 Å². The summed E-state index contributed by atoms with van der Waals surface area (Å²) < 4.78 is 0. The highest BCUT2D eigenvalue weighted by molar-refractivity contribution is 5.68. The lowest BCUT2D eigenvalue weighted by Crippen LogP contribution is -2.20. The number of hydrogen-bond donors (Lipinski definition) is 3. The van der Waals surface area contributed by atoms with Gasteiger partial charge in [0.05, 0.1) is 11.4 Å². The van der Waals surface area contributed by atoms with Crippen LogP contribution in [-0.4, -0.2) is 9.97 Å². The van der Waals surface area contributed by atoms with Gasteiger partial charge in [0.2, 0.25) is 0 Å². The van der Waals surface area contributed by atoms with Crippen LogP contribution < -0.4 is 16.4 Å². The Hall–Kier alpha value is -4.38. The van der Waals surface area contributed by atoms with Crippen molar-refractivity contribution in [2.24, 2.45) is 11.7 Å². The molecule has 5 nitrogen and oxygen atoms in total. The van der Waals surface area contributed by atoms with Gasteiger partial charge in [0.25, 0.3) is 0 Å². The van der Waals surface area contributed by atoms with Crippen LogP contribution >= 0.6 is 0 Å².